The van der Waals surface area contributed by atoms with Crippen molar-refractivity contribution < 1.29 is 4.74 Å². The summed E-state index contributed by atoms with van der Waals surface area (Å²) in [6.45, 7) is 0. The lowest BCUT2D eigenvalue weighted by Gasteiger charge is -2.04. The van der Waals surface area contributed by atoms with E-state index in [2.05, 4.69) is 17.6 Å². The van der Waals surface area contributed by atoms with Crippen LogP contribution in [0.4, 0.5) is 0 Å². The summed E-state index contributed by atoms with van der Waals surface area (Å²) in [7, 11) is 1.67. The highest BCUT2D eigenvalue weighted by molar-refractivity contribution is 7.79. The van der Waals surface area contributed by atoms with Gasteiger partial charge in [-0.25, -0.2) is 0 Å². The van der Waals surface area contributed by atoms with Crippen molar-refractivity contribution in [2.24, 2.45) is 0 Å². The van der Waals surface area contributed by atoms with E-state index in [1.54, 1.807) is 13.3 Å². The molecule has 0 aliphatic heterocycles. The Morgan fingerprint density at radius 1 is 1.36 bits per heavy atom. The van der Waals surface area contributed by atoms with E-state index in [1.807, 2.05) is 24.3 Å². The number of benzene rings is 1. The van der Waals surface area contributed by atoms with Crippen molar-refractivity contribution in [3.8, 4) is 5.75 Å². The van der Waals surface area contributed by atoms with Crippen molar-refractivity contribution in [3.63, 3.8) is 0 Å². The van der Waals surface area contributed by atoms with E-state index in [0.717, 1.165) is 22.2 Å². The third-order valence-corrected chi connectivity index (χ3v) is 2.50. The lowest BCUT2D eigenvalue weighted by molar-refractivity contribution is 0.415. The molecule has 0 aliphatic rings. The Morgan fingerprint density at radius 2 is 2.21 bits per heavy atom. The fourth-order valence-electron chi connectivity index (χ4n) is 1.47. The molecule has 2 nitrogen and oxygen atoms in total. The fourth-order valence-corrected chi connectivity index (χ4v) is 1.72. The predicted molar refractivity (Wildman–Crippen MR) is 61.0 cm³/mol. The molecule has 3 heteroatoms. The molecule has 0 fully saturated rings. The minimum absolute atomic E-state index is 0.656. The van der Waals surface area contributed by atoms with Gasteiger partial charge in [0.15, 0.2) is 0 Å². The third kappa shape index (κ3) is 1.55. The fraction of sp³-hybridized carbons (Fsp3) is 0.182. The zero-order valence-corrected chi connectivity index (χ0v) is 8.79. The molecule has 0 bridgehead atoms. The van der Waals surface area contributed by atoms with Crippen molar-refractivity contribution in [2.45, 2.75) is 5.75 Å². The van der Waals surface area contributed by atoms with Gasteiger partial charge in [0.05, 0.1) is 12.8 Å². The number of methoxy groups -OCH3 is 1. The predicted octanol–water partition coefficient (Wildman–Crippen LogP) is 2.67. The summed E-state index contributed by atoms with van der Waals surface area (Å²) in [5, 5.41) is 2.28. The maximum Gasteiger partial charge on any atom is 0.119 e. The quantitative estimate of drug-likeness (QED) is 0.761. The number of hydrogen-bond acceptors (Lipinski definition) is 3. The number of nitrogens with zero attached hydrogens (tertiary/aromatic N) is 1. The minimum atomic E-state index is 0.656. The first kappa shape index (κ1) is 9.34. The molecule has 0 spiro atoms. The van der Waals surface area contributed by atoms with E-state index < -0.39 is 0 Å². The van der Waals surface area contributed by atoms with Gasteiger partial charge in [-0.1, -0.05) is 0 Å². The van der Waals surface area contributed by atoms with Crippen LogP contribution in [0.15, 0.2) is 30.5 Å². The van der Waals surface area contributed by atoms with E-state index in [9.17, 15) is 0 Å². The number of thiol groups is 1. The molecule has 0 atom stereocenters. The van der Waals surface area contributed by atoms with Gasteiger partial charge >= 0.3 is 0 Å². The molecule has 1 aromatic heterocycles. The Balaban J connectivity index is 2.67. The normalized spacial score (nSPS) is 10.4. The Bertz CT molecular complexity index is 456. The van der Waals surface area contributed by atoms with Crippen LogP contribution in [0.1, 0.15) is 5.69 Å². The number of ether oxygens (including phenoxy) is 1. The zero-order chi connectivity index (χ0) is 9.97. The number of pyridine rings is 1. The van der Waals surface area contributed by atoms with Crippen LogP contribution in [0.2, 0.25) is 0 Å². The Labute approximate surface area is 88.3 Å². The summed E-state index contributed by atoms with van der Waals surface area (Å²) in [5.74, 6) is 1.53. The van der Waals surface area contributed by atoms with Gasteiger partial charge in [0.1, 0.15) is 5.75 Å². The highest BCUT2D eigenvalue weighted by atomic mass is 32.1. The van der Waals surface area contributed by atoms with Crippen molar-refractivity contribution in [2.75, 3.05) is 7.11 Å². The third-order valence-electron chi connectivity index (χ3n) is 2.20. The van der Waals surface area contributed by atoms with Gasteiger partial charge < -0.3 is 4.74 Å². The highest BCUT2D eigenvalue weighted by Gasteiger charge is 2.01. The molecule has 0 amide bonds. The summed E-state index contributed by atoms with van der Waals surface area (Å²) in [5.41, 5.74) is 1.01. The number of hydrogen-bond donors (Lipinski definition) is 1. The van der Waals surface area contributed by atoms with Crippen LogP contribution in [0.3, 0.4) is 0 Å². The SMILES string of the molecule is COc1ccc2c(CS)nccc2c1. The standard InChI is InChI=1S/C11H11NOS/c1-13-9-2-3-10-8(6-9)4-5-12-11(10)7-14/h2-6,14H,7H2,1H3. The Kier molecular flexibility index (Phi) is 2.59. The summed E-state index contributed by atoms with van der Waals surface area (Å²) in [6, 6.07) is 7.94. The second-order valence-corrected chi connectivity index (χ2v) is 3.32. The van der Waals surface area contributed by atoms with E-state index in [0.29, 0.717) is 5.75 Å². The Hall–Kier alpha value is -1.22. The smallest absolute Gasteiger partial charge is 0.119 e. The lowest BCUT2D eigenvalue weighted by atomic mass is 10.1. The number of aromatic nitrogens is 1. The van der Waals surface area contributed by atoms with Gasteiger partial charge in [0.25, 0.3) is 0 Å². The van der Waals surface area contributed by atoms with Gasteiger partial charge in [0, 0.05) is 17.3 Å². The van der Waals surface area contributed by atoms with Gasteiger partial charge in [0.2, 0.25) is 0 Å². The molecule has 0 radical (unpaired) electrons. The first-order valence-electron chi connectivity index (χ1n) is 4.37. The topological polar surface area (TPSA) is 22.1 Å². The molecule has 0 unspecified atom stereocenters. The maximum atomic E-state index is 5.16. The molecule has 2 rings (SSSR count). The molecular weight excluding hydrogens is 194 g/mol. The van der Waals surface area contributed by atoms with Crippen LogP contribution in [0.5, 0.6) is 5.75 Å². The van der Waals surface area contributed by atoms with E-state index >= 15 is 0 Å². The summed E-state index contributed by atoms with van der Waals surface area (Å²) >= 11 is 4.24. The number of fused-ring (bicyclic) bond motifs is 1. The van der Waals surface area contributed by atoms with Gasteiger partial charge in [-0.2, -0.15) is 12.6 Å². The lowest BCUT2D eigenvalue weighted by Crippen LogP contribution is -1.88. The molecule has 0 saturated carbocycles. The summed E-state index contributed by atoms with van der Waals surface area (Å²) in [6.07, 6.45) is 1.80. The summed E-state index contributed by atoms with van der Waals surface area (Å²) < 4.78 is 5.16. The monoisotopic (exact) mass is 205 g/mol. The first-order chi connectivity index (χ1) is 6.85. The van der Waals surface area contributed by atoms with Gasteiger partial charge in [-0.3, -0.25) is 4.98 Å². The molecule has 1 aromatic carbocycles. The largest absolute Gasteiger partial charge is 0.497 e. The molecule has 2 aromatic rings. The van der Waals surface area contributed by atoms with Crippen LogP contribution in [0, 0.1) is 0 Å². The average Bonchev–Trinajstić information content (AvgIpc) is 2.27. The van der Waals surface area contributed by atoms with E-state index in [4.69, 9.17) is 4.74 Å². The van der Waals surface area contributed by atoms with Crippen LogP contribution in [0.25, 0.3) is 10.8 Å². The molecule has 0 aliphatic carbocycles. The highest BCUT2D eigenvalue weighted by Crippen LogP contribution is 2.22. The van der Waals surface area contributed by atoms with Crippen LogP contribution >= 0.6 is 12.6 Å². The minimum Gasteiger partial charge on any atom is -0.497 e. The van der Waals surface area contributed by atoms with Crippen LogP contribution < -0.4 is 4.74 Å². The average molecular weight is 205 g/mol. The van der Waals surface area contributed by atoms with Crippen molar-refractivity contribution in [1.29, 1.82) is 0 Å². The molecule has 0 saturated heterocycles. The van der Waals surface area contributed by atoms with Crippen molar-refractivity contribution in [1.82, 2.24) is 4.98 Å². The summed E-state index contributed by atoms with van der Waals surface area (Å²) in [4.78, 5) is 4.26. The van der Waals surface area contributed by atoms with Gasteiger partial charge in [-0.05, 0) is 29.7 Å². The molecule has 0 N–H and O–H groups in total. The van der Waals surface area contributed by atoms with Crippen LogP contribution in [-0.2, 0) is 5.75 Å². The van der Waals surface area contributed by atoms with E-state index in [-0.39, 0.29) is 0 Å². The van der Waals surface area contributed by atoms with Gasteiger partial charge in [-0.15, -0.1) is 0 Å². The first-order valence-corrected chi connectivity index (χ1v) is 5.01. The number of rotatable bonds is 2. The molecular formula is C11H11NOS. The molecule has 1 heterocycles. The Morgan fingerprint density at radius 3 is 2.93 bits per heavy atom. The van der Waals surface area contributed by atoms with Crippen molar-refractivity contribution >= 4 is 23.4 Å². The van der Waals surface area contributed by atoms with Crippen molar-refractivity contribution in [3.05, 3.63) is 36.2 Å². The maximum absolute atomic E-state index is 5.16. The second kappa shape index (κ2) is 3.88. The second-order valence-electron chi connectivity index (χ2n) is 3.00. The van der Waals surface area contributed by atoms with Crippen LogP contribution in [-0.4, -0.2) is 12.1 Å². The zero-order valence-electron chi connectivity index (χ0n) is 7.90. The molecule has 14 heavy (non-hydrogen) atoms. The molecule has 72 valence electrons. The van der Waals surface area contributed by atoms with E-state index in [1.165, 1.54) is 0 Å².